The molecular weight excluding hydrogens is 258 g/mol. The molecule has 0 aromatic heterocycles. The number of likely N-dealkylation sites (N-methyl/N-ethyl adjacent to an activating group) is 2. The fourth-order valence-corrected chi connectivity index (χ4v) is 2.45. The maximum atomic E-state index is 12.5. The fraction of sp³-hybridized carbons (Fsp3) is 0.429. The summed E-state index contributed by atoms with van der Waals surface area (Å²) in [4.78, 5) is 27.6. The molecule has 20 heavy (non-hydrogen) atoms. The number of hydrogen-bond acceptors (Lipinski definition) is 4. The Kier molecular flexibility index (Phi) is 4.36. The maximum absolute atomic E-state index is 12.5. The fourth-order valence-electron chi connectivity index (χ4n) is 2.45. The smallest absolute Gasteiger partial charge is 0.252 e. The molecule has 1 heterocycles. The topological polar surface area (TPSA) is 72.9 Å². The number of nitrogens with zero attached hydrogens (tertiary/aromatic N) is 2. The second-order valence-electron chi connectivity index (χ2n) is 4.57. The average molecular weight is 277 g/mol. The lowest BCUT2D eigenvalue weighted by molar-refractivity contribution is -0.121. The van der Waals surface area contributed by atoms with Crippen LogP contribution in [0.3, 0.4) is 0 Å². The van der Waals surface area contributed by atoms with E-state index in [0.717, 1.165) is 0 Å². The van der Waals surface area contributed by atoms with Gasteiger partial charge in [0.15, 0.2) is 0 Å². The van der Waals surface area contributed by atoms with Crippen LogP contribution in [0, 0.1) is 0 Å². The van der Waals surface area contributed by atoms with Crippen LogP contribution in [0.4, 0.5) is 11.4 Å². The van der Waals surface area contributed by atoms with E-state index >= 15 is 0 Å². The van der Waals surface area contributed by atoms with Crippen molar-refractivity contribution in [3.63, 3.8) is 0 Å². The van der Waals surface area contributed by atoms with Crippen molar-refractivity contribution in [1.82, 2.24) is 5.32 Å². The Morgan fingerprint density at radius 2 is 2.05 bits per heavy atom. The summed E-state index contributed by atoms with van der Waals surface area (Å²) >= 11 is 0. The van der Waals surface area contributed by atoms with Gasteiger partial charge >= 0.3 is 0 Å². The van der Waals surface area contributed by atoms with Crippen molar-refractivity contribution >= 4 is 23.2 Å². The van der Waals surface area contributed by atoms with E-state index in [2.05, 4.69) is 5.32 Å². The second kappa shape index (κ2) is 6.02. The van der Waals surface area contributed by atoms with Crippen molar-refractivity contribution in [2.45, 2.75) is 13.0 Å². The molecule has 2 rings (SSSR count). The molecule has 1 unspecified atom stereocenters. The molecular formula is C14H19N3O3. The molecule has 0 saturated heterocycles. The first kappa shape index (κ1) is 14.5. The summed E-state index contributed by atoms with van der Waals surface area (Å²) in [5.74, 6) is -0.487. The zero-order valence-corrected chi connectivity index (χ0v) is 11.7. The lowest BCUT2D eigenvalue weighted by Crippen LogP contribution is -2.50. The molecule has 0 spiro atoms. The Morgan fingerprint density at radius 1 is 1.40 bits per heavy atom. The number of aliphatic hydroxyl groups is 1. The first-order valence-corrected chi connectivity index (χ1v) is 6.62. The van der Waals surface area contributed by atoms with Crippen LogP contribution in [-0.4, -0.2) is 49.7 Å². The predicted octanol–water partition coefficient (Wildman–Crippen LogP) is -0.0336. The summed E-state index contributed by atoms with van der Waals surface area (Å²) in [5.41, 5.74) is 1.35. The van der Waals surface area contributed by atoms with Gasteiger partial charge in [-0.2, -0.15) is 0 Å². The number of benzene rings is 1. The van der Waals surface area contributed by atoms with Gasteiger partial charge in [-0.15, -0.1) is 0 Å². The first-order chi connectivity index (χ1) is 9.63. The molecule has 0 aliphatic carbocycles. The molecule has 0 radical (unpaired) electrons. The molecule has 1 aliphatic rings. The van der Waals surface area contributed by atoms with E-state index < -0.39 is 18.6 Å². The molecule has 2 amide bonds. The van der Waals surface area contributed by atoms with Crippen molar-refractivity contribution in [1.29, 1.82) is 0 Å². The second-order valence-corrected chi connectivity index (χ2v) is 4.57. The van der Waals surface area contributed by atoms with Crippen LogP contribution >= 0.6 is 0 Å². The average Bonchev–Trinajstić information content (AvgIpc) is 2.60. The summed E-state index contributed by atoms with van der Waals surface area (Å²) in [6.45, 7) is 2.05. The van der Waals surface area contributed by atoms with Crippen molar-refractivity contribution in [2.75, 3.05) is 36.5 Å². The predicted molar refractivity (Wildman–Crippen MR) is 76.8 cm³/mol. The molecule has 1 aromatic rings. The summed E-state index contributed by atoms with van der Waals surface area (Å²) in [6.07, 6.45) is 0. The first-order valence-electron chi connectivity index (χ1n) is 6.62. The van der Waals surface area contributed by atoms with Crippen LogP contribution in [0.25, 0.3) is 0 Å². The third-order valence-corrected chi connectivity index (χ3v) is 3.49. The van der Waals surface area contributed by atoms with Gasteiger partial charge in [0.05, 0.1) is 17.9 Å². The van der Waals surface area contributed by atoms with Crippen LogP contribution in [-0.2, 0) is 9.59 Å². The van der Waals surface area contributed by atoms with Gasteiger partial charge in [0.1, 0.15) is 12.6 Å². The highest BCUT2D eigenvalue weighted by Gasteiger charge is 2.34. The van der Waals surface area contributed by atoms with E-state index in [9.17, 15) is 9.59 Å². The van der Waals surface area contributed by atoms with E-state index in [1.54, 1.807) is 18.0 Å². The number of anilines is 2. The number of rotatable bonds is 3. The normalized spacial score (nSPS) is 18.8. The minimum absolute atomic E-state index is 0.0734. The van der Waals surface area contributed by atoms with Gasteiger partial charge in [-0.3, -0.25) is 9.59 Å². The molecule has 6 nitrogen and oxygen atoms in total. The van der Waals surface area contributed by atoms with Gasteiger partial charge in [0.25, 0.3) is 5.91 Å². The van der Waals surface area contributed by atoms with Crippen molar-refractivity contribution in [3.05, 3.63) is 24.3 Å². The third kappa shape index (κ3) is 2.39. The van der Waals surface area contributed by atoms with Crippen molar-refractivity contribution in [3.8, 4) is 0 Å². The van der Waals surface area contributed by atoms with Crippen LogP contribution in [0.5, 0.6) is 0 Å². The van der Waals surface area contributed by atoms with Crippen molar-refractivity contribution < 1.29 is 14.7 Å². The Bertz CT molecular complexity index is 518. The molecule has 0 fully saturated rings. The van der Waals surface area contributed by atoms with E-state index in [1.165, 1.54) is 4.90 Å². The number of carbonyl (C=O) groups is 2. The minimum Gasteiger partial charge on any atom is -0.387 e. The quantitative estimate of drug-likeness (QED) is 0.813. The van der Waals surface area contributed by atoms with E-state index in [0.29, 0.717) is 17.9 Å². The Hall–Kier alpha value is -1.92. The van der Waals surface area contributed by atoms with E-state index in [1.807, 2.05) is 25.1 Å². The Labute approximate surface area is 118 Å². The molecule has 1 aliphatic heterocycles. The lowest BCUT2D eigenvalue weighted by atomic mass is 10.2. The molecule has 1 atom stereocenters. The lowest BCUT2D eigenvalue weighted by Gasteiger charge is -2.24. The Balaban J connectivity index is 2.55. The number of fused-ring (bicyclic) bond motifs is 1. The number of nitrogens with one attached hydrogen (secondary N) is 1. The van der Waals surface area contributed by atoms with Gasteiger partial charge < -0.3 is 20.2 Å². The maximum Gasteiger partial charge on any atom is 0.252 e. The standard InChI is InChI=1S/C14H19N3O3/c1-3-16-11-6-4-5-7-12(11)17(13(19)9-18)8-10(15-2)14(16)20/h4-7,10,15,18H,3,8-9H2,1-2H3. The van der Waals surface area contributed by atoms with Gasteiger partial charge in [0, 0.05) is 6.54 Å². The molecule has 6 heteroatoms. The number of amides is 2. The van der Waals surface area contributed by atoms with Crippen LogP contribution in [0.2, 0.25) is 0 Å². The van der Waals surface area contributed by atoms with Crippen LogP contribution in [0.15, 0.2) is 24.3 Å². The molecule has 108 valence electrons. The summed E-state index contributed by atoms with van der Waals surface area (Å²) in [7, 11) is 1.69. The number of hydrogen-bond donors (Lipinski definition) is 2. The van der Waals surface area contributed by atoms with Gasteiger partial charge in [-0.05, 0) is 26.1 Å². The SMILES string of the molecule is CCN1C(=O)C(NC)CN(C(=O)CO)c2ccccc21. The number of para-hydroxylation sites is 2. The van der Waals surface area contributed by atoms with E-state index in [-0.39, 0.29) is 12.5 Å². The Morgan fingerprint density at radius 3 is 2.60 bits per heavy atom. The highest BCUT2D eigenvalue weighted by molar-refractivity contribution is 6.07. The highest BCUT2D eigenvalue weighted by Crippen LogP contribution is 2.32. The zero-order chi connectivity index (χ0) is 14.7. The monoisotopic (exact) mass is 277 g/mol. The molecule has 0 bridgehead atoms. The van der Waals surface area contributed by atoms with E-state index in [4.69, 9.17) is 5.11 Å². The van der Waals surface area contributed by atoms with Gasteiger partial charge in [-0.1, -0.05) is 12.1 Å². The third-order valence-electron chi connectivity index (χ3n) is 3.49. The highest BCUT2D eigenvalue weighted by atomic mass is 16.3. The molecule has 0 saturated carbocycles. The van der Waals surface area contributed by atoms with Crippen molar-refractivity contribution in [2.24, 2.45) is 0 Å². The van der Waals surface area contributed by atoms with Crippen LogP contribution < -0.4 is 15.1 Å². The number of aliphatic hydroxyl groups excluding tert-OH is 1. The molecule has 2 N–H and O–H groups in total. The van der Waals surface area contributed by atoms with Gasteiger partial charge in [0.2, 0.25) is 5.91 Å². The molecule has 1 aromatic carbocycles. The van der Waals surface area contributed by atoms with Gasteiger partial charge in [-0.25, -0.2) is 0 Å². The number of carbonyl (C=O) groups excluding carboxylic acids is 2. The largest absolute Gasteiger partial charge is 0.387 e. The summed E-state index contributed by atoms with van der Waals surface area (Å²) < 4.78 is 0. The minimum atomic E-state index is -0.578. The zero-order valence-electron chi connectivity index (χ0n) is 11.7. The summed E-state index contributed by atoms with van der Waals surface area (Å²) in [6, 6.07) is 6.76. The van der Waals surface area contributed by atoms with Crippen LogP contribution in [0.1, 0.15) is 6.92 Å². The summed E-state index contributed by atoms with van der Waals surface area (Å²) in [5, 5.41) is 12.1.